The Hall–Kier alpha value is -3.94. The van der Waals surface area contributed by atoms with Crippen molar-refractivity contribution < 1.29 is 41.9 Å². The number of oxazole rings is 1. The molecular weight excluding hydrogens is 559 g/mol. The fourth-order valence-corrected chi connectivity index (χ4v) is 4.49. The van der Waals surface area contributed by atoms with Crippen molar-refractivity contribution in [2.45, 2.75) is 83.3 Å². The highest BCUT2D eigenvalue weighted by atomic mass is 19.4. The average Bonchev–Trinajstić information content (AvgIpc) is 3.39. The summed E-state index contributed by atoms with van der Waals surface area (Å²) in [6.07, 6.45) is -3.90. The number of fused-ring (bicyclic) bond motifs is 2. The van der Waals surface area contributed by atoms with Crippen LogP contribution in [0.2, 0.25) is 0 Å². The first-order chi connectivity index (χ1) is 19.7. The number of rotatable bonds is 6. The number of amides is 4. The molecule has 0 radical (unpaired) electrons. The van der Waals surface area contributed by atoms with Crippen molar-refractivity contribution in [2.24, 2.45) is 5.92 Å². The standard InChI is InChI=1S/C28H36F3N5O6/c1-15(2)11-20-27-35-21(14-42-27)24(39)32-10-5-4-9-19(25(40)36-23(16(3)37)26(41)34-20)33-22(38)13-17-7-6-8-18(12-17)28(29,30)31/h6-8,12,14-16,19-20,23,37H,4-5,9-11,13H2,1-3H3,(H,32,39)(H,33,38)(H,34,41)(H,36,40)/t16-,19+,20+,23+/m1/s1. The predicted octanol–water partition coefficient (Wildman–Crippen LogP) is 2.40. The van der Waals surface area contributed by atoms with E-state index in [0.29, 0.717) is 19.3 Å². The van der Waals surface area contributed by atoms with Crippen LogP contribution in [0, 0.1) is 5.92 Å². The molecule has 11 nitrogen and oxygen atoms in total. The lowest BCUT2D eigenvalue weighted by molar-refractivity contribution is -0.137. The van der Waals surface area contributed by atoms with E-state index < -0.39 is 66.0 Å². The van der Waals surface area contributed by atoms with Crippen LogP contribution in [0.4, 0.5) is 13.2 Å². The van der Waals surface area contributed by atoms with Gasteiger partial charge in [0.15, 0.2) is 5.69 Å². The van der Waals surface area contributed by atoms with Crippen LogP contribution in [0.15, 0.2) is 34.9 Å². The van der Waals surface area contributed by atoms with Gasteiger partial charge in [0, 0.05) is 6.54 Å². The highest BCUT2D eigenvalue weighted by Crippen LogP contribution is 2.29. The Balaban J connectivity index is 1.82. The molecule has 42 heavy (non-hydrogen) atoms. The number of nitrogens with zero attached hydrogens (tertiary/aromatic N) is 1. The van der Waals surface area contributed by atoms with Crippen molar-refractivity contribution in [2.75, 3.05) is 6.54 Å². The molecule has 1 aliphatic rings. The number of benzene rings is 1. The number of hydrogen-bond acceptors (Lipinski definition) is 7. The molecule has 5 N–H and O–H groups in total. The molecule has 4 atom stereocenters. The number of carbonyl (C=O) groups excluding carboxylic acids is 4. The van der Waals surface area contributed by atoms with E-state index in [9.17, 15) is 37.5 Å². The molecule has 2 aromatic rings. The van der Waals surface area contributed by atoms with Gasteiger partial charge >= 0.3 is 6.18 Å². The summed E-state index contributed by atoms with van der Waals surface area (Å²) in [7, 11) is 0. The van der Waals surface area contributed by atoms with Crippen molar-refractivity contribution in [1.29, 1.82) is 0 Å². The van der Waals surface area contributed by atoms with Crippen LogP contribution < -0.4 is 21.3 Å². The number of carbonyl (C=O) groups is 4. The van der Waals surface area contributed by atoms with Crippen LogP contribution in [0.3, 0.4) is 0 Å². The molecule has 14 heteroatoms. The average molecular weight is 596 g/mol. The summed E-state index contributed by atoms with van der Waals surface area (Å²) in [4.78, 5) is 56.1. The van der Waals surface area contributed by atoms with E-state index >= 15 is 0 Å². The van der Waals surface area contributed by atoms with Crippen molar-refractivity contribution in [3.63, 3.8) is 0 Å². The Labute approximate surface area is 241 Å². The van der Waals surface area contributed by atoms with E-state index in [4.69, 9.17) is 4.42 Å². The molecule has 0 fully saturated rings. The topological polar surface area (TPSA) is 163 Å². The van der Waals surface area contributed by atoms with Gasteiger partial charge in [-0.15, -0.1) is 0 Å². The summed E-state index contributed by atoms with van der Waals surface area (Å²) in [5.74, 6) is -2.54. The molecule has 0 saturated heterocycles. The largest absolute Gasteiger partial charge is 0.446 e. The predicted molar refractivity (Wildman–Crippen MR) is 144 cm³/mol. The number of aliphatic hydroxyl groups excluding tert-OH is 1. The Morgan fingerprint density at radius 2 is 1.88 bits per heavy atom. The highest BCUT2D eigenvalue weighted by Gasteiger charge is 2.33. The maximum absolute atomic E-state index is 13.3. The molecule has 1 aliphatic heterocycles. The number of aliphatic hydroxyl groups is 1. The second-order valence-electron chi connectivity index (χ2n) is 10.7. The van der Waals surface area contributed by atoms with E-state index in [0.717, 1.165) is 12.1 Å². The van der Waals surface area contributed by atoms with Gasteiger partial charge in [0.2, 0.25) is 23.6 Å². The van der Waals surface area contributed by atoms with Gasteiger partial charge in [-0.2, -0.15) is 13.2 Å². The summed E-state index contributed by atoms with van der Waals surface area (Å²) in [5, 5.41) is 20.8. The Bertz CT molecular complexity index is 1260. The molecule has 2 heterocycles. The van der Waals surface area contributed by atoms with Crippen molar-refractivity contribution in [3.8, 4) is 0 Å². The minimum Gasteiger partial charge on any atom is -0.446 e. The Kier molecular flexibility index (Phi) is 11.1. The van der Waals surface area contributed by atoms with Crippen LogP contribution >= 0.6 is 0 Å². The smallest absolute Gasteiger partial charge is 0.416 e. The monoisotopic (exact) mass is 595 g/mol. The molecule has 230 valence electrons. The zero-order valence-corrected chi connectivity index (χ0v) is 23.6. The Morgan fingerprint density at radius 3 is 2.55 bits per heavy atom. The van der Waals surface area contributed by atoms with Crippen LogP contribution in [-0.2, 0) is 27.0 Å². The lowest BCUT2D eigenvalue weighted by Gasteiger charge is -2.27. The summed E-state index contributed by atoms with van der Waals surface area (Å²) in [5.41, 5.74) is -0.773. The van der Waals surface area contributed by atoms with Crippen LogP contribution in [-0.4, -0.2) is 58.5 Å². The minimum absolute atomic E-state index is 0.0280. The minimum atomic E-state index is -4.58. The molecular formula is C28H36F3N5O6. The molecule has 0 spiro atoms. The third-order valence-corrected chi connectivity index (χ3v) is 6.61. The van der Waals surface area contributed by atoms with Crippen molar-refractivity contribution in [1.82, 2.24) is 26.3 Å². The van der Waals surface area contributed by atoms with E-state index in [1.165, 1.54) is 25.3 Å². The maximum atomic E-state index is 13.3. The van der Waals surface area contributed by atoms with Gasteiger partial charge in [0.25, 0.3) is 5.91 Å². The van der Waals surface area contributed by atoms with E-state index in [2.05, 4.69) is 26.3 Å². The van der Waals surface area contributed by atoms with Gasteiger partial charge < -0.3 is 30.8 Å². The van der Waals surface area contributed by atoms with Crippen LogP contribution in [0.1, 0.15) is 80.0 Å². The fourth-order valence-electron chi connectivity index (χ4n) is 4.49. The molecule has 0 aliphatic carbocycles. The number of nitrogens with one attached hydrogen (secondary N) is 4. The summed E-state index contributed by atoms with van der Waals surface area (Å²) < 4.78 is 44.7. The quantitative estimate of drug-likeness (QED) is 0.343. The maximum Gasteiger partial charge on any atom is 0.416 e. The van der Waals surface area contributed by atoms with Gasteiger partial charge in [-0.3, -0.25) is 19.2 Å². The first-order valence-electron chi connectivity index (χ1n) is 13.7. The van der Waals surface area contributed by atoms with E-state index in [-0.39, 0.29) is 36.0 Å². The van der Waals surface area contributed by atoms with Gasteiger partial charge in [-0.25, -0.2) is 4.98 Å². The van der Waals surface area contributed by atoms with E-state index in [1.54, 1.807) is 0 Å². The molecule has 1 aromatic carbocycles. The molecule has 0 unspecified atom stereocenters. The molecule has 0 saturated carbocycles. The van der Waals surface area contributed by atoms with Crippen molar-refractivity contribution >= 4 is 23.6 Å². The summed E-state index contributed by atoms with van der Waals surface area (Å²) in [6, 6.07) is 0.959. The second kappa shape index (κ2) is 14.3. The lowest BCUT2D eigenvalue weighted by atomic mass is 10.0. The molecule has 4 amide bonds. The van der Waals surface area contributed by atoms with Crippen LogP contribution in [0.25, 0.3) is 0 Å². The zero-order chi connectivity index (χ0) is 31.0. The number of hydrogen-bond donors (Lipinski definition) is 5. The third-order valence-electron chi connectivity index (χ3n) is 6.61. The normalized spacial score (nSPS) is 21.7. The Morgan fingerprint density at radius 1 is 1.14 bits per heavy atom. The molecule has 2 bridgehead atoms. The number of alkyl halides is 3. The number of aromatic nitrogens is 1. The molecule has 1 aromatic heterocycles. The lowest BCUT2D eigenvalue weighted by Crippen LogP contribution is -2.57. The van der Waals surface area contributed by atoms with Gasteiger partial charge in [0.1, 0.15) is 24.4 Å². The van der Waals surface area contributed by atoms with Crippen LogP contribution in [0.5, 0.6) is 0 Å². The fraction of sp³-hybridized carbons (Fsp3) is 0.536. The van der Waals surface area contributed by atoms with Gasteiger partial charge in [0.05, 0.1) is 18.1 Å². The van der Waals surface area contributed by atoms with Crippen molar-refractivity contribution in [3.05, 3.63) is 53.2 Å². The highest BCUT2D eigenvalue weighted by molar-refractivity contribution is 5.93. The summed E-state index contributed by atoms with van der Waals surface area (Å²) >= 11 is 0. The summed E-state index contributed by atoms with van der Waals surface area (Å²) in [6.45, 7) is 5.36. The van der Waals surface area contributed by atoms with E-state index in [1.807, 2.05) is 13.8 Å². The third kappa shape index (κ3) is 9.29. The second-order valence-corrected chi connectivity index (χ2v) is 10.7. The zero-order valence-electron chi connectivity index (χ0n) is 23.6. The number of halogens is 3. The first kappa shape index (κ1) is 32.6. The SMILES string of the molecule is CC(C)C[C@@H]1NC(=O)[C@H]([C@@H](C)O)NC(=O)[C@@H](NC(=O)Cc2cccc(C(F)(F)F)c2)CCCCNC(=O)c2coc1n2. The molecule has 3 rings (SSSR count). The van der Waals surface area contributed by atoms with Gasteiger partial charge in [-0.05, 0) is 50.2 Å². The first-order valence-corrected chi connectivity index (χ1v) is 13.7. The van der Waals surface area contributed by atoms with Gasteiger partial charge in [-0.1, -0.05) is 32.0 Å².